The number of nitrogen functional groups attached to an aromatic ring is 1. The average molecular weight is 291 g/mol. The molecule has 0 bridgehead atoms. The van der Waals surface area contributed by atoms with Crippen molar-refractivity contribution in [3.8, 4) is 0 Å². The number of hydrogen-bond donors (Lipinski definition) is 3. The number of anilines is 2. The summed E-state index contributed by atoms with van der Waals surface area (Å²) >= 11 is 0. The lowest BCUT2D eigenvalue weighted by molar-refractivity contribution is -0.117. The molecule has 110 valence electrons. The summed E-state index contributed by atoms with van der Waals surface area (Å²) in [5.41, 5.74) is 16.4. The van der Waals surface area contributed by atoms with E-state index in [9.17, 15) is 14.0 Å². The molecular formula is C13H14FN5O2. The Balaban J connectivity index is 2.66. The maximum absolute atomic E-state index is 14.3. The van der Waals surface area contributed by atoms with E-state index in [0.29, 0.717) is 5.39 Å². The zero-order valence-corrected chi connectivity index (χ0v) is 11.0. The van der Waals surface area contributed by atoms with E-state index in [2.05, 4.69) is 4.98 Å². The molecule has 1 heterocycles. The zero-order chi connectivity index (χ0) is 15.6. The fourth-order valence-electron chi connectivity index (χ4n) is 2.11. The van der Waals surface area contributed by atoms with Crippen LogP contribution in [-0.2, 0) is 9.59 Å². The molecule has 2 rings (SSSR count). The molecule has 0 aliphatic rings. The van der Waals surface area contributed by atoms with E-state index in [1.807, 2.05) is 0 Å². The Morgan fingerprint density at radius 2 is 1.86 bits per heavy atom. The maximum Gasteiger partial charge on any atom is 0.236 e. The summed E-state index contributed by atoms with van der Waals surface area (Å²) in [5.74, 6) is -2.16. The molecule has 0 radical (unpaired) electrons. The molecule has 2 aromatic rings. The van der Waals surface area contributed by atoms with Gasteiger partial charge in [0.25, 0.3) is 0 Å². The third-order valence-electron chi connectivity index (χ3n) is 2.86. The first-order valence-electron chi connectivity index (χ1n) is 6.04. The van der Waals surface area contributed by atoms with Gasteiger partial charge in [0.15, 0.2) is 5.82 Å². The number of halogens is 1. The van der Waals surface area contributed by atoms with Gasteiger partial charge in [-0.3, -0.25) is 14.6 Å². The van der Waals surface area contributed by atoms with Gasteiger partial charge in [0, 0.05) is 17.3 Å². The Morgan fingerprint density at radius 3 is 2.43 bits per heavy atom. The highest BCUT2D eigenvalue weighted by Gasteiger charge is 2.21. The van der Waals surface area contributed by atoms with Gasteiger partial charge in [-0.25, -0.2) is 4.39 Å². The number of nitrogens with zero attached hydrogens (tertiary/aromatic N) is 2. The first kappa shape index (κ1) is 14.5. The molecule has 0 aliphatic carbocycles. The van der Waals surface area contributed by atoms with Gasteiger partial charge in [-0.2, -0.15) is 0 Å². The average Bonchev–Trinajstić information content (AvgIpc) is 2.37. The monoisotopic (exact) mass is 291 g/mol. The number of primary amides is 2. The summed E-state index contributed by atoms with van der Waals surface area (Å²) in [6, 6.07) is 4.41. The molecule has 0 unspecified atom stereocenters. The SMILES string of the molecule is NC(=O)CN(CC(N)=O)c1c(F)cc(N)c2cccnc12. The maximum atomic E-state index is 14.3. The number of nitrogens with two attached hydrogens (primary N) is 3. The number of aromatic nitrogens is 1. The molecule has 2 amide bonds. The Hall–Kier alpha value is -2.90. The van der Waals surface area contributed by atoms with Gasteiger partial charge in [0.2, 0.25) is 11.8 Å². The van der Waals surface area contributed by atoms with Gasteiger partial charge in [0.05, 0.1) is 18.6 Å². The van der Waals surface area contributed by atoms with Crippen molar-refractivity contribution in [3.05, 3.63) is 30.2 Å². The van der Waals surface area contributed by atoms with Crippen molar-refractivity contribution in [1.29, 1.82) is 0 Å². The molecule has 1 aromatic carbocycles. The summed E-state index contributed by atoms with van der Waals surface area (Å²) in [7, 11) is 0. The molecule has 0 spiro atoms. The predicted molar refractivity (Wildman–Crippen MR) is 76.7 cm³/mol. The minimum Gasteiger partial charge on any atom is -0.398 e. The van der Waals surface area contributed by atoms with Crippen LogP contribution >= 0.6 is 0 Å². The normalized spacial score (nSPS) is 10.5. The van der Waals surface area contributed by atoms with Crippen LogP contribution in [0.3, 0.4) is 0 Å². The summed E-state index contributed by atoms with van der Waals surface area (Å²) in [6.45, 7) is -0.731. The lowest BCUT2D eigenvalue weighted by atomic mass is 10.1. The van der Waals surface area contributed by atoms with Crippen LogP contribution in [0.2, 0.25) is 0 Å². The molecule has 0 fully saturated rings. The second-order valence-corrected chi connectivity index (χ2v) is 4.48. The molecule has 1 aromatic heterocycles. The van der Waals surface area contributed by atoms with Crippen molar-refractivity contribution in [2.24, 2.45) is 11.5 Å². The summed E-state index contributed by atoms with van der Waals surface area (Å²) in [4.78, 5) is 27.5. The van der Waals surface area contributed by atoms with Gasteiger partial charge in [0.1, 0.15) is 5.69 Å². The fourth-order valence-corrected chi connectivity index (χ4v) is 2.11. The van der Waals surface area contributed by atoms with E-state index < -0.39 is 17.6 Å². The van der Waals surface area contributed by atoms with Crippen molar-refractivity contribution in [2.45, 2.75) is 0 Å². The van der Waals surface area contributed by atoms with Crippen LogP contribution in [0.4, 0.5) is 15.8 Å². The van der Waals surface area contributed by atoms with E-state index >= 15 is 0 Å². The molecule has 21 heavy (non-hydrogen) atoms. The highest BCUT2D eigenvalue weighted by atomic mass is 19.1. The van der Waals surface area contributed by atoms with Gasteiger partial charge in [-0.15, -0.1) is 0 Å². The molecule has 8 heteroatoms. The minimum atomic E-state index is -0.725. The highest BCUT2D eigenvalue weighted by Crippen LogP contribution is 2.32. The molecule has 0 saturated carbocycles. The van der Waals surface area contributed by atoms with Crippen molar-refractivity contribution in [1.82, 2.24) is 4.98 Å². The third-order valence-corrected chi connectivity index (χ3v) is 2.86. The van der Waals surface area contributed by atoms with Crippen molar-refractivity contribution < 1.29 is 14.0 Å². The lowest BCUT2D eigenvalue weighted by Gasteiger charge is -2.23. The van der Waals surface area contributed by atoms with Crippen LogP contribution in [0.15, 0.2) is 24.4 Å². The topological polar surface area (TPSA) is 128 Å². The number of carbonyl (C=O) groups is 2. The standard InChI is InChI=1S/C13H14FN5O2/c14-8-4-9(15)7-2-1-3-18-12(7)13(8)19(5-10(16)20)6-11(17)21/h1-4H,5-6,15H2,(H2,16,20)(H2,17,21). The van der Waals surface area contributed by atoms with Gasteiger partial charge >= 0.3 is 0 Å². The van der Waals surface area contributed by atoms with E-state index in [1.165, 1.54) is 6.20 Å². The second-order valence-electron chi connectivity index (χ2n) is 4.48. The molecule has 0 aliphatic heterocycles. The minimum absolute atomic E-state index is 0.0302. The van der Waals surface area contributed by atoms with Gasteiger partial charge in [-0.05, 0) is 18.2 Å². The Bertz CT molecular complexity index is 703. The molecule has 6 N–H and O–H groups in total. The van der Waals surface area contributed by atoms with Crippen molar-refractivity contribution >= 4 is 34.1 Å². The van der Waals surface area contributed by atoms with Crippen LogP contribution in [0.1, 0.15) is 0 Å². The summed E-state index contributed by atoms with van der Waals surface area (Å²) < 4.78 is 14.3. The number of benzene rings is 1. The van der Waals surface area contributed by atoms with E-state index in [0.717, 1.165) is 11.0 Å². The lowest BCUT2D eigenvalue weighted by Crippen LogP contribution is -2.40. The Labute approximate surface area is 119 Å². The number of fused-ring (bicyclic) bond motifs is 1. The number of pyridine rings is 1. The smallest absolute Gasteiger partial charge is 0.236 e. The fraction of sp³-hybridized carbons (Fsp3) is 0.154. The molecule has 0 atom stereocenters. The van der Waals surface area contributed by atoms with E-state index in [-0.39, 0.29) is 30.0 Å². The Kier molecular flexibility index (Phi) is 3.88. The predicted octanol–water partition coefficient (Wildman–Crippen LogP) is -0.267. The third kappa shape index (κ3) is 2.99. The first-order valence-corrected chi connectivity index (χ1v) is 6.04. The summed E-state index contributed by atoms with van der Waals surface area (Å²) in [6.07, 6.45) is 1.46. The van der Waals surface area contributed by atoms with Gasteiger partial charge in [-0.1, -0.05) is 0 Å². The van der Waals surface area contributed by atoms with Crippen molar-refractivity contribution in [3.63, 3.8) is 0 Å². The largest absolute Gasteiger partial charge is 0.398 e. The second kappa shape index (κ2) is 5.61. The van der Waals surface area contributed by atoms with Crippen LogP contribution in [-0.4, -0.2) is 29.9 Å². The van der Waals surface area contributed by atoms with Gasteiger partial charge < -0.3 is 22.1 Å². The first-order chi connectivity index (χ1) is 9.90. The van der Waals surface area contributed by atoms with Crippen molar-refractivity contribution in [2.75, 3.05) is 23.7 Å². The quantitative estimate of drug-likeness (QED) is 0.653. The Morgan fingerprint density at radius 1 is 1.24 bits per heavy atom. The number of carbonyl (C=O) groups excluding carboxylic acids is 2. The highest BCUT2D eigenvalue weighted by molar-refractivity contribution is 6.00. The molecular weight excluding hydrogens is 277 g/mol. The number of rotatable bonds is 5. The molecule has 0 saturated heterocycles. The van der Waals surface area contributed by atoms with Crippen LogP contribution in [0, 0.1) is 5.82 Å². The van der Waals surface area contributed by atoms with E-state index in [4.69, 9.17) is 17.2 Å². The number of amides is 2. The zero-order valence-electron chi connectivity index (χ0n) is 11.0. The van der Waals surface area contributed by atoms with Crippen LogP contribution in [0.5, 0.6) is 0 Å². The van der Waals surface area contributed by atoms with E-state index in [1.54, 1.807) is 12.1 Å². The van der Waals surface area contributed by atoms with Crippen LogP contribution < -0.4 is 22.1 Å². The van der Waals surface area contributed by atoms with Crippen LogP contribution in [0.25, 0.3) is 10.9 Å². The summed E-state index contributed by atoms with van der Waals surface area (Å²) in [5, 5.41) is 0.507. The number of hydrogen-bond acceptors (Lipinski definition) is 5. The molecule has 7 nitrogen and oxygen atoms in total.